The molecule has 1 aromatic carbocycles. The molecule has 0 amide bonds. The van der Waals surface area contributed by atoms with E-state index in [0.29, 0.717) is 23.1 Å². The quantitative estimate of drug-likeness (QED) is 0.457. The van der Waals surface area contributed by atoms with Gasteiger partial charge >= 0.3 is 0 Å². The molecular weight excluding hydrogens is 399 g/mol. The molecule has 0 bridgehead atoms. The summed E-state index contributed by atoms with van der Waals surface area (Å²) < 4.78 is 16.3. The number of methoxy groups -OCH3 is 1. The van der Waals surface area contributed by atoms with Crippen LogP contribution in [0.1, 0.15) is 12.0 Å². The first-order valence-electron chi connectivity index (χ1n) is 8.35. The second kappa shape index (κ2) is 14.4. The van der Waals surface area contributed by atoms with Crippen LogP contribution in [0.15, 0.2) is 24.8 Å². The first-order chi connectivity index (χ1) is 11.7. The molecule has 0 radical (unpaired) electrons. The molecule has 0 spiro atoms. The monoisotopic (exact) mass is 426 g/mol. The zero-order valence-corrected chi connectivity index (χ0v) is 17.6. The van der Waals surface area contributed by atoms with Crippen molar-refractivity contribution in [3.05, 3.63) is 35.4 Å². The number of morpholine rings is 1. The Balaban J connectivity index is 0.00000312. The molecule has 1 aliphatic rings. The summed E-state index contributed by atoms with van der Waals surface area (Å²) in [5, 5.41) is 4.01. The number of ether oxygens (including phenoxy) is 3. The number of nitrogens with one attached hydrogen (secondary N) is 1. The van der Waals surface area contributed by atoms with Gasteiger partial charge in [-0.05, 0) is 37.2 Å². The van der Waals surface area contributed by atoms with Crippen LogP contribution in [0.4, 0.5) is 0 Å². The van der Waals surface area contributed by atoms with Gasteiger partial charge < -0.3 is 19.5 Å². The second-order valence-electron chi connectivity index (χ2n) is 5.69. The summed E-state index contributed by atoms with van der Waals surface area (Å²) in [6.45, 7) is 10.6. The normalized spacial score (nSPS) is 14.1. The van der Waals surface area contributed by atoms with Crippen LogP contribution in [-0.4, -0.2) is 58.0 Å². The first-order valence-corrected chi connectivity index (χ1v) is 8.73. The number of rotatable bonds is 10. The van der Waals surface area contributed by atoms with Crippen LogP contribution in [0.25, 0.3) is 0 Å². The maximum Gasteiger partial charge on any atom is 0.180 e. The van der Waals surface area contributed by atoms with Crippen molar-refractivity contribution in [1.29, 1.82) is 0 Å². The number of hydrogen-bond acceptors (Lipinski definition) is 5. The first kappa shape index (κ1) is 25.3. The van der Waals surface area contributed by atoms with Crippen LogP contribution in [0.2, 0.25) is 5.02 Å². The van der Waals surface area contributed by atoms with E-state index in [0.717, 1.165) is 57.9 Å². The predicted octanol–water partition coefficient (Wildman–Crippen LogP) is 3.57. The fourth-order valence-electron chi connectivity index (χ4n) is 2.64. The van der Waals surface area contributed by atoms with E-state index in [4.69, 9.17) is 25.8 Å². The lowest BCUT2D eigenvalue weighted by Gasteiger charge is -2.26. The largest absolute Gasteiger partial charge is 0.493 e. The van der Waals surface area contributed by atoms with Crippen molar-refractivity contribution < 1.29 is 14.2 Å². The summed E-state index contributed by atoms with van der Waals surface area (Å²) >= 11 is 6.31. The number of nitrogens with zero attached hydrogens (tertiary/aromatic N) is 1. The minimum Gasteiger partial charge on any atom is -0.493 e. The molecular formula is C18H29Cl3N2O3. The van der Waals surface area contributed by atoms with Gasteiger partial charge in [-0.3, -0.25) is 4.90 Å². The standard InChI is InChI=1S/C18H27ClN2O3.2ClH/c1-3-9-24-18-16(19)12-15(13-17(18)22-2)14-20-5-4-6-21-7-10-23-11-8-21;;/h3,12-13,20H,1,4-11,14H2,2H3;2*1H. The highest BCUT2D eigenvalue weighted by atomic mass is 35.5. The van der Waals surface area contributed by atoms with Gasteiger partial charge in [0.2, 0.25) is 0 Å². The average molecular weight is 428 g/mol. The predicted molar refractivity (Wildman–Crippen MR) is 112 cm³/mol. The summed E-state index contributed by atoms with van der Waals surface area (Å²) in [6, 6.07) is 3.87. The van der Waals surface area contributed by atoms with Crippen molar-refractivity contribution in [3.63, 3.8) is 0 Å². The Kier molecular flexibility index (Phi) is 14.0. The number of benzene rings is 1. The molecule has 2 rings (SSSR count). The zero-order valence-electron chi connectivity index (χ0n) is 15.2. The molecule has 1 aromatic rings. The summed E-state index contributed by atoms with van der Waals surface area (Å²) in [5.41, 5.74) is 1.08. The van der Waals surface area contributed by atoms with Crippen molar-refractivity contribution in [2.45, 2.75) is 13.0 Å². The molecule has 0 saturated carbocycles. The van der Waals surface area contributed by atoms with Gasteiger partial charge in [0.05, 0.1) is 25.3 Å². The molecule has 150 valence electrons. The summed E-state index contributed by atoms with van der Waals surface area (Å²) in [5.74, 6) is 1.21. The highest BCUT2D eigenvalue weighted by Gasteiger charge is 2.12. The Morgan fingerprint density at radius 1 is 1.31 bits per heavy atom. The maximum absolute atomic E-state index is 6.31. The van der Waals surface area contributed by atoms with E-state index in [1.165, 1.54) is 0 Å². The third kappa shape index (κ3) is 8.33. The van der Waals surface area contributed by atoms with E-state index in [9.17, 15) is 0 Å². The van der Waals surface area contributed by atoms with E-state index < -0.39 is 0 Å². The molecule has 1 aliphatic heterocycles. The van der Waals surface area contributed by atoms with Crippen LogP contribution in [0.5, 0.6) is 11.5 Å². The fourth-order valence-corrected chi connectivity index (χ4v) is 2.93. The maximum atomic E-state index is 6.31. The lowest BCUT2D eigenvalue weighted by Crippen LogP contribution is -2.37. The zero-order chi connectivity index (χ0) is 17.2. The Hall–Kier alpha value is -0.690. The lowest BCUT2D eigenvalue weighted by atomic mass is 10.2. The van der Waals surface area contributed by atoms with Gasteiger partial charge in [-0.15, -0.1) is 24.8 Å². The van der Waals surface area contributed by atoms with E-state index in [-0.39, 0.29) is 24.8 Å². The molecule has 1 N–H and O–H groups in total. The van der Waals surface area contributed by atoms with Gasteiger partial charge in [0, 0.05) is 19.6 Å². The van der Waals surface area contributed by atoms with Crippen LogP contribution in [0.3, 0.4) is 0 Å². The van der Waals surface area contributed by atoms with Crippen molar-refractivity contribution in [2.24, 2.45) is 0 Å². The minimum absolute atomic E-state index is 0. The van der Waals surface area contributed by atoms with Gasteiger partial charge in [0.1, 0.15) is 6.61 Å². The average Bonchev–Trinajstić information content (AvgIpc) is 2.61. The van der Waals surface area contributed by atoms with Crippen LogP contribution >= 0.6 is 36.4 Å². The van der Waals surface area contributed by atoms with Crippen molar-refractivity contribution in [2.75, 3.05) is 53.1 Å². The van der Waals surface area contributed by atoms with Crippen molar-refractivity contribution in [1.82, 2.24) is 10.2 Å². The van der Waals surface area contributed by atoms with Gasteiger partial charge in [-0.2, -0.15) is 0 Å². The topological polar surface area (TPSA) is 43.0 Å². The number of halogens is 3. The van der Waals surface area contributed by atoms with Gasteiger partial charge in [0.15, 0.2) is 11.5 Å². The van der Waals surface area contributed by atoms with E-state index in [1.807, 2.05) is 12.1 Å². The Morgan fingerprint density at radius 3 is 2.69 bits per heavy atom. The fraction of sp³-hybridized carbons (Fsp3) is 0.556. The van der Waals surface area contributed by atoms with Crippen LogP contribution in [0, 0.1) is 0 Å². The lowest BCUT2D eigenvalue weighted by molar-refractivity contribution is 0.0374. The Labute approximate surface area is 173 Å². The molecule has 8 heteroatoms. The van der Waals surface area contributed by atoms with Crippen LogP contribution in [-0.2, 0) is 11.3 Å². The third-order valence-corrected chi connectivity index (χ3v) is 4.18. The van der Waals surface area contributed by atoms with Crippen molar-refractivity contribution in [3.8, 4) is 11.5 Å². The SMILES string of the molecule is C=CCOc1c(Cl)cc(CNCCCN2CCOCC2)cc1OC.Cl.Cl. The Bertz CT molecular complexity index is 527. The van der Waals surface area contributed by atoms with E-state index >= 15 is 0 Å². The van der Waals surface area contributed by atoms with E-state index in [1.54, 1.807) is 13.2 Å². The molecule has 1 heterocycles. The molecule has 0 unspecified atom stereocenters. The molecule has 1 saturated heterocycles. The smallest absolute Gasteiger partial charge is 0.180 e. The second-order valence-corrected chi connectivity index (χ2v) is 6.10. The third-order valence-electron chi connectivity index (χ3n) is 3.90. The minimum atomic E-state index is 0. The Morgan fingerprint density at radius 2 is 2.04 bits per heavy atom. The molecule has 26 heavy (non-hydrogen) atoms. The van der Waals surface area contributed by atoms with Gasteiger partial charge in [0.25, 0.3) is 0 Å². The van der Waals surface area contributed by atoms with Crippen LogP contribution < -0.4 is 14.8 Å². The summed E-state index contributed by atoms with van der Waals surface area (Å²) in [4.78, 5) is 2.44. The summed E-state index contributed by atoms with van der Waals surface area (Å²) in [7, 11) is 1.62. The highest BCUT2D eigenvalue weighted by molar-refractivity contribution is 6.32. The number of hydrogen-bond donors (Lipinski definition) is 1. The molecule has 0 atom stereocenters. The molecule has 0 aliphatic carbocycles. The molecule has 5 nitrogen and oxygen atoms in total. The van der Waals surface area contributed by atoms with Gasteiger partial charge in [-0.1, -0.05) is 24.3 Å². The highest BCUT2D eigenvalue weighted by Crippen LogP contribution is 2.36. The molecule has 0 aromatic heterocycles. The van der Waals surface area contributed by atoms with E-state index in [2.05, 4.69) is 16.8 Å². The van der Waals surface area contributed by atoms with Gasteiger partial charge in [-0.25, -0.2) is 0 Å². The van der Waals surface area contributed by atoms with Crippen molar-refractivity contribution >= 4 is 36.4 Å². The molecule has 1 fully saturated rings. The summed E-state index contributed by atoms with van der Waals surface area (Å²) in [6.07, 6.45) is 2.80.